The Morgan fingerprint density at radius 1 is 1.44 bits per heavy atom. The van der Waals surface area contributed by atoms with Crippen molar-refractivity contribution < 1.29 is 4.74 Å². The lowest BCUT2D eigenvalue weighted by atomic mass is 10.2. The third kappa shape index (κ3) is 2.43. The highest BCUT2D eigenvalue weighted by atomic mass is 35.5. The average Bonchev–Trinajstić information content (AvgIpc) is 2.70. The highest BCUT2D eigenvalue weighted by molar-refractivity contribution is 6.32. The van der Waals surface area contributed by atoms with Crippen molar-refractivity contribution >= 4 is 17.3 Å². The maximum absolute atomic E-state index is 6.04. The summed E-state index contributed by atoms with van der Waals surface area (Å²) in [5, 5.41) is 4.79. The van der Waals surface area contributed by atoms with E-state index in [9.17, 15) is 0 Å². The second kappa shape index (κ2) is 5.31. The van der Waals surface area contributed by atoms with Crippen molar-refractivity contribution in [2.75, 3.05) is 5.73 Å². The molecule has 2 N–H and O–H groups in total. The zero-order valence-corrected chi connectivity index (χ0v) is 11.2. The highest BCUT2D eigenvalue weighted by Crippen LogP contribution is 2.31. The zero-order chi connectivity index (χ0) is 13.1. The lowest BCUT2D eigenvalue weighted by Gasteiger charge is -2.10. The van der Waals surface area contributed by atoms with Crippen LogP contribution in [0, 0.1) is 6.92 Å². The van der Waals surface area contributed by atoms with Crippen molar-refractivity contribution in [2.24, 2.45) is 0 Å². The fourth-order valence-electron chi connectivity index (χ4n) is 1.77. The molecule has 0 aliphatic carbocycles. The van der Waals surface area contributed by atoms with Crippen LogP contribution in [0.25, 0.3) is 0 Å². The Balaban J connectivity index is 2.14. The van der Waals surface area contributed by atoms with Crippen LogP contribution in [0.1, 0.15) is 18.2 Å². The molecule has 2 aromatic rings. The number of hydrogen-bond acceptors (Lipinski definition) is 3. The summed E-state index contributed by atoms with van der Waals surface area (Å²) in [6.45, 7) is 5.33. The second-order valence-corrected chi connectivity index (χ2v) is 4.43. The molecule has 0 aliphatic rings. The minimum absolute atomic E-state index is 0.416. The van der Waals surface area contributed by atoms with Crippen molar-refractivity contribution in [2.45, 2.75) is 27.0 Å². The Labute approximate surface area is 111 Å². The normalized spacial score (nSPS) is 10.6. The Bertz CT molecular complexity index is 531. The molecule has 0 aliphatic heterocycles. The third-order valence-electron chi connectivity index (χ3n) is 2.87. The summed E-state index contributed by atoms with van der Waals surface area (Å²) < 4.78 is 7.61. The molecule has 0 unspecified atom stereocenters. The molecule has 1 aromatic carbocycles. The van der Waals surface area contributed by atoms with E-state index in [4.69, 9.17) is 22.1 Å². The lowest BCUT2D eigenvalue weighted by Crippen LogP contribution is -2.02. The van der Waals surface area contributed by atoms with Crippen molar-refractivity contribution in [1.82, 2.24) is 9.78 Å². The zero-order valence-electron chi connectivity index (χ0n) is 10.5. The van der Waals surface area contributed by atoms with Gasteiger partial charge in [-0.05, 0) is 26.0 Å². The molecule has 0 spiro atoms. The molecule has 0 saturated heterocycles. The Kier molecular flexibility index (Phi) is 3.77. The number of anilines is 1. The van der Waals surface area contributed by atoms with Crippen LogP contribution in [0.3, 0.4) is 0 Å². The van der Waals surface area contributed by atoms with Gasteiger partial charge in [-0.25, -0.2) is 0 Å². The van der Waals surface area contributed by atoms with Gasteiger partial charge in [-0.2, -0.15) is 5.10 Å². The Hall–Kier alpha value is -1.68. The SMILES string of the molecule is CCn1ncc(COc2c(N)cccc2Cl)c1C. The second-order valence-electron chi connectivity index (χ2n) is 4.02. The number of nitrogens with zero attached hydrogens (tertiary/aromatic N) is 2. The molecule has 0 saturated carbocycles. The van der Waals surface area contributed by atoms with Gasteiger partial charge in [0, 0.05) is 17.8 Å². The molecular formula is C13H16ClN3O. The van der Waals surface area contributed by atoms with Crippen LogP contribution in [0.15, 0.2) is 24.4 Å². The monoisotopic (exact) mass is 265 g/mol. The molecule has 2 rings (SSSR count). The quantitative estimate of drug-likeness (QED) is 0.865. The molecule has 18 heavy (non-hydrogen) atoms. The van der Waals surface area contributed by atoms with Crippen LogP contribution in [0.5, 0.6) is 5.75 Å². The van der Waals surface area contributed by atoms with Crippen molar-refractivity contribution in [1.29, 1.82) is 0 Å². The molecular weight excluding hydrogens is 250 g/mol. The van der Waals surface area contributed by atoms with E-state index < -0.39 is 0 Å². The number of hydrogen-bond donors (Lipinski definition) is 1. The van der Waals surface area contributed by atoms with Crippen molar-refractivity contribution in [3.8, 4) is 5.75 Å². The van der Waals surface area contributed by atoms with Crippen LogP contribution in [-0.2, 0) is 13.2 Å². The van der Waals surface area contributed by atoms with Crippen LogP contribution in [0.2, 0.25) is 5.02 Å². The first-order valence-electron chi connectivity index (χ1n) is 5.81. The van der Waals surface area contributed by atoms with Crippen LogP contribution in [-0.4, -0.2) is 9.78 Å². The first-order valence-corrected chi connectivity index (χ1v) is 6.19. The summed E-state index contributed by atoms with van der Waals surface area (Å²) in [7, 11) is 0. The van der Waals surface area contributed by atoms with Crippen LogP contribution >= 0.6 is 11.6 Å². The van der Waals surface area contributed by atoms with Crippen LogP contribution < -0.4 is 10.5 Å². The van der Waals surface area contributed by atoms with E-state index in [1.165, 1.54) is 0 Å². The minimum Gasteiger partial charge on any atom is -0.485 e. The van der Waals surface area contributed by atoms with E-state index in [2.05, 4.69) is 12.0 Å². The largest absolute Gasteiger partial charge is 0.485 e. The predicted octanol–water partition coefficient (Wildman–Crippen LogP) is 3.03. The van der Waals surface area contributed by atoms with E-state index in [0.717, 1.165) is 17.8 Å². The van der Waals surface area contributed by atoms with Gasteiger partial charge < -0.3 is 10.5 Å². The summed E-state index contributed by atoms with van der Waals surface area (Å²) in [5.74, 6) is 0.530. The van der Waals surface area contributed by atoms with Gasteiger partial charge in [-0.15, -0.1) is 0 Å². The summed E-state index contributed by atoms with van der Waals surface area (Å²) in [4.78, 5) is 0. The molecule has 0 fully saturated rings. The molecule has 0 amide bonds. The van der Waals surface area contributed by atoms with Gasteiger partial charge in [0.2, 0.25) is 0 Å². The van der Waals surface area contributed by atoms with Crippen molar-refractivity contribution in [3.05, 3.63) is 40.7 Å². The first kappa shape index (κ1) is 12.8. The molecule has 1 aromatic heterocycles. The van der Waals surface area contributed by atoms with Gasteiger partial charge in [0.1, 0.15) is 6.61 Å². The van der Waals surface area contributed by atoms with E-state index in [0.29, 0.717) is 23.1 Å². The van der Waals surface area contributed by atoms with Gasteiger partial charge in [0.15, 0.2) is 5.75 Å². The smallest absolute Gasteiger partial charge is 0.161 e. The van der Waals surface area contributed by atoms with Crippen LogP contribution in [0.4, 0.5) is 5.69 Å². The fourth-order valence-corrected chi connectivity index (χ4v) is 2.01. The number of ether oxygens (including phenoxy) is 1. The number of nitrogens with two attached hydrogens (primary N) is 1. The number of para-hydroxylation sites is 1. The summed E-state index contributed by atoms with van der Waals surface area (Å²) in [6.07, 6.45) is 1.81. The van der Waals surface area contributed by atoms with Gasteiger partial charge in [-0.1, -0.05) is 17.7 Å². The Morgan fingerprint density at radius 3 is 2.83 bits per heavy atom. The van der Waals surface area contributed by atoms with E-state index in [1.807, 2.05) is 17.8 Å². The molecule has 96 valence electrons. The number of halogens is 1. The fraction of sp³-hybridized carbons (Fsp3) is 0.308. The number of nitrogen functional groups attached to an aromatic ring is 1. The topological polar surface area (TPSA) is 53.1 Å². The maximum atomic E-state index is 6.04. The molecule has 0 radical (unpaired) electrons. The number of benzene rings is 1. The van der Waals surface area contributed by atoms with E-state index in [-0.39, 0.29) is 0 Å². The van der Waals surface area contributed by atoms with E-state index in [1.54, 1.807) is 18.2 Å². The standard InChI is InChI=1S/C13H16ClN3O/c1-3-17-9(2)10(7-16-17)8-18-13-11(14)5-4-6-12(13)15/h4-7H,3,8,15H2,1-2H3. The number of aromatic nitrogens is 2. The lowest BCUT2D eigenvalue weighted by molar-refractivity contribution is 0.307. The molecule has 4 nitrogen and oxygen atoms in total. The average molecular weight is 266 g/mol. The summed E-state index contributed by atoms with van der Waals surface area (Å²) in [6, 6.07) is 5.32. The summed E-state index contributed by atoms with van der Waals surface area (Å²) >= 11 is 6.04. The van der Waals surface area contributed by atoms with Gasteiger partial charge in [0.05, 0.1) is 16.9 Å². The van der Waals surface area contributed by atoms with Gasteiger partial charge >= 0.3 is 0 Å². The number of rotatable bonds is 4. The minimum atomic E-state index is 0.416. The predicted molar refractivity (Wildman–Crippen MR) is 72.8 cm³/mol. The number of aryl methyl sites for hydroxylation is 1. The van der Waals surface area contributed by atoms with Gasteiger partial charge in [-0.3, -0.25) is 4.68 Å². The Morgan fingerprint density at radius 2 is 2.22 bits per heavy atom. The molecule has 5 heteroatoms. The maximum Gasteiger partial charge on any atom is 0.161 e. The third-order valence-corrected chi connectivity index (χ3v) is 3.17. The molecule has 0 bridgehead atoms. The van der Waals surface area contributed by atoms with Gasteiger partial charge in [0.25, 0.3) is 0 Å². The highest BCUT2D eigenvalue weighted by Gasteiger charge is 2.09. The first-order chi connectivity index (χ1) is 8.63. The molecule has 0 atom stereocenters. The molecule has 1 heterocycles. The van der Waals surface area contributed by atoms with Crippen molar-refractivity contribution in [3.63, 3.8) is 0 Å². The van der Waals surface area contributed by atoms with E-state index >= 15 is 0 Å². The summed E-state index contributed by atoms with van der Waals surface area (Å²) in [5.41, 5.74) is 8.51.